The van der Waals surface area contributed by atoms with E-state index in [2.05, 4.69) is 30.7 Å². The van der Waals surface area contributed by atoms with Crippen molar-refractivity contribution < 1.29 is 22.7 Å². The molecule has 0 atom stereocenters. The maximum absolute atomic E-state index is 12.6. The van der Waals surface area contributed by atoms with Crippen molar-refractivity contribution in [2.75, 3.05) is 24.2 Å². The number of nitrogens with one attached hydrogen (secondary N) is 3. The van der Waals surface area contributed by atoms with Crippen LogP contribution in [-0.2, 0) is 11.2 Å². The van der Waals surface area contributed by atoms with Gasteiger partial charge in [0.05, 0.1) is 11.9 Å². The van der Waals surface area contributed by atoms with Gasteiger partial charge >= 0.3 is 6.36 Å². The number of alkyl halides is 3. The number of rotatable bonds is 8. The lowest BCUT2D eigenvalue weighted by atomic mass is 9.86. The number of anilines is 2. The van der Waals surface area contributed by atoms with Crippen molar-refractivity contribution in [2.24, 2.45) is 5.92 Å². The first kappa shape index (κ1) is 24.6. The number of para-hydroxylation sites is 2. The molecule has 1 aliphatic carbocycles. The van der Waals surface area contributed by atoms with E-state index < -0.39 is 6.36 Å². The van der Waals surface area contributed by atoms with Gasteiger partial charge in [-0.1, -0.05) is 30.3 Å². The van der Waals surface area contributed by atoms with Gasteiger partial charge in [-0.05, 0) is 49.8 Å². The molecule has 3 aromatic rings. The number of nitrogens with zero attached hydrogens (tertiary/aromatic N) is 2. The molecule has 0 saturated heterocycles. The smallest absolute Gasteiger partial charge is 0.405 e. The molecular weight excluding hydrogens is 459 g/mol. The fourth-order valence-electron chi connectivity index (χ4n) is 4.39. The van der Waals surface area contributed by atoms with E-state index in [0.717, 1.165) is 42.4 Å². The summed E-state index contributed by atoms with van der Waals surface area (Å²) < 4.78 is 41.8. The summed E-state index contributed by atoms with van der Waals surface area (Å²) in [5.74, 6) is 0.997. The average Bonchev–Trinajstić information content (AvgIpc) is 2.83. The van der Waals surface area contributed by atoms with E-state index in [1.165, 1.54) is 18.2 Å². The summed E-state index contributed by atoms with van der Waals surface area (Å²) in [5.41, 5.74) is 1.07. The van der Waals surface area contributed by atoms with Gasteiger partial charge in [0.2, 0.25) is 11.9 Å². The highest BCUT2D eigenvalue weighted by atomic mass is 19.4. The van der Waals surface area contributed by atoms with Gasteiger partial charge in [0.15, 0.2) is 0 Å². The summed E-state index contributed by atoms with van der Waals surface area (Å²) in [5, 5.41) is 10.4. The molecule has 0 bridgehead atoms. The van der Waals surface area contributed by atoms with Gasteiger partial charge in [0.1, 0.15) is 11.6 Å². The van der Waals surface area contributed by atoms with Crippen LogP contribution in [0.3, 0.4) is 0 Å². The highest BCUT2D eigenvalue weighted by Crippen LogP contribution is 2.28. The van der Waals surface area contributed by atoms with Crippen molar-refractivity contribution in [1.29, 1.82) is 0 Å². The first-order chi connectivity index (χ1) is 16.8. The molecule has 1 fully saturated rings. The second-order valence-electron chi connectivity index (χ2n) is 8.66. The standard InChI is InChI=1S/C25H28F3N5O2/c1-29-23-19-7-3-4-8-20(19)32-24(33-23)31-18-12-10-16(11-13-18)15-30-22(34)14-17-6-2-5-9-21(17)35-25(26,27)28/h2-9,16,18H,10-15H2,1H3,(H,30,34)(H2,29,31,32,33). The molecule has 1 amide bonds. The molecule has 0 aliphatic heterocycles. The Bertz CT molecular complexity index is 1160. The first-order valence-electron chi connectivity index (χ1n) is 11.6. The second kappa shape index (κ2) is 10.8. The number of carbonyl (C=O) groups excluding carboxylic acids is 1. The zero-order valence-corrected chi connectivity index (χ0v) is 19.4. The number of amides is 1. The molecule has 0 unspecified atom stereocenters. The Morgan fingerprint density at radius 2 is 1.74 bits per heavy atom. The third-order valence-corrected chi connectivity index (χ3v) is 6.16. The van der Waals surface area contributed by atoms with Crippen LogP contribution in [0, 0.1) is 5.92 Å². The van der Waals surface area contributed by atoms with Crippen molar-refractivity contribution in [3.8, 4) is 5.75 Å². The quantitative estimate of drug-likeness (QED) is 0.419. The lowest BCUT2D eigenvalue weighted by Gasteiger charge is -2.29. The highest BCUT2D eigenvalue weighted by Gasteiger charge is 2.32. The molecule has 7 nitrogen and oxygen atoms in total. The Balaban J connectivity index is 1.25. The molecule has 1 aromatic heterocycles. The van der Waals surface area contributed by atoms with Gasteiger partial charge in [0.25, 0.3) is 0 Å². The minimum absolute atomic E-state index is 0.170. The molecular formula is C25H28F3N5O2. The van der Waals surface area contributed by atoms with Crippen molar-refractivity contribution >= 4 is 28.6 Å². The Morgan fingerprint density at radius 3 is 2.49 bits per heavy atom. The fourth-order valence-corrected chi connectivity index (χ4v) is 4.39. The topological polar surface area (TPSA) is 88.2 Å². The van der Waals surface area contributed by atoms with Crippen molar-refractivity contribution in [3.63, 3.8) is 0 Å². The second-order valence-corrected chi connectivity index (χ2v) is 8.66. The molecule has 35 heavy (non-hydrogen) atoms. The fraction of sp³-hybridized carbons (Fsp3) is 0.400. The van der Waals surface area contributed by atoms with Crippen LogP contribution < -0.4 is 20.7 Å². The van der Waals surface area contributed by atoms with E-state index in [-0.39, 0.29) is 29.7 Å². The van der Waals surface area contributed by atoms with Crippen molar-refractivity contribution in [1.82, 2.24) is 15.3 Å². The minimum Gasteiger partial charge on any atom is -0.405 e. The normalized spacial score (nSPS) is 18.2. The Morgan fingerprint density at radius 1 is 1.03 bits per heavy atom. The largest absolute Gasteiger partial charge is 0.573 e. The molecule has 186 valence electrons. The Hall–Kier alpha value is -3.56. The zero-order chi connectivity index (χ0) is 24.8. The molecule has 3 N–H and O–H groups in total. The minimum atomic E-state index is -4.80. The summed E-state index contributed by atoms with van der Waals surface area (Å²) in [4.78, 5) is 21.6. The van der Waals surface area contributed by atoms with Gasteiger partial charge in [-0.3, -0.25) is 4.79 Å². The van der Waals surface area contributed by atoms with Gasteiger partial charge < -0.3 is 20.7 Å². The Kier molecular flexibility index (Phi) is 7.57. The van der Waals surface area contributed by atoms with Crippen molar-refractivity contribution in [3.05, 3.63) is 54.1 Å². The lowest BCUT2D eigenvalue weighted by Crippen LogP contribution is -2.35. The highest BCUT2D eigenvalue weighted by molar-refractivity contribution is 5.89. The van der Waals surface area contributed by atoms with E-state index in [1.54, 1.807) is 6.07 Å². The van der Waals surface area contributed by atoms with Crippen LogP contribution in [-0.4, -0.2) is 41.9 Å². The maximum Gasteiger partial charge on any atom is 0.573 e. The number of halogens is 3. The van der Waals surface area contributed by atoms with Crippen LogP contribution in [0.5, 0.6) is 5.75 Å². The van der Waals surface area contributed by atoms with Crippen LogP contribution in [0.2, 0.25) is 0 Å². The molecule has 10 heteroatoms. The monoisotopic (exact) mass is 487 g/mol. The molecule has 1 aliphatic rings. The average molecular weight is 488 g/mol. The summed E-state index contributed by atoms with van der Waals surface area (Å²) in [6, 6.07) is 13.8. The predicted octanol–water partition coefficient (Wildman–Crippen LogP) is 4.90. The SMILES string of the molecule is CNc1nc(NC2CCC(CNC(=O)Cc3ccccc3OC(F)(F)F)CC2)nc2ccccc12. The van der Waals surface area contributed by atoms with E-state index in [0.29, 0.717) is 18.4 Å². The predicted molar refractivity (Wildman–Crippen MR) is 128 cm³/mol. The molecule has 1 saturated carbocycles. The van der Waals surface area contributed by atoms with Gasteiger partial charge in [-0.15, -0.1) is 13.2 Å². The van der Waals surface area contributed by atoms with Crippen LogP contribution in [0.25, 0.3) is 10.9 Å². The number of fused-ring (bicyclic) bond motifs is 1. The number of carbonyl (C=O) groups is 1. The molecule has 4 rings (SSSR count). The van der Waals surface area contributed by atoms with Crippen LogP contribution in [0.1, 0.15) is 31.2 Å². The Labute approximate surface area is 201 Å². The van der Waals surface area contributed by atoms with E-state index in [9.17, 15) is 18.0 Å². The number of aromatic nitrogens is 2. The van der Waals surface area contributed by atoms with Gasteiger partial charge in [-0.2, -0.15) is 4.98 Å². The lowest BCUT2D eigenvalue weighted by molar-refractivity contribution is -0.274. The summed E-state index contributed by atoms with van der Waals surface area (Å²) in [6.07, 6.45) is -1.32. The molecule has 2 aromatic carbocycles. The summed E-state index contributed by atoms with van der Waals surface area (Å²) in [6.45, 7) is 0.490. The number of benzene rings is 2. The van der Waals surface area contributed by atoms with Gasteiger partial charge in [-0.25, -0.2) is 4.98 Å². The van der Waals surface area contributed by atoms with E-state index in [1.807, 2.05) is 31.3 Å². The summed E-state index contributed by atoms with van der Waals surface area (Å²) >= 11 is 0. The molecule has 1 heterocycles. The molecule has 0 radical (unpaired) electrons. The zero-order valence-electron chi connectivity index (χ0n) is 19.4. The molecule has 0 spiro atoms. The first-order valence-corrected chi connectivity index (χ1v) is 11.6. The number of ether oxygens (including phenoxy) is 1. The van der Waals surface area contributed by atoms with Gasteiger partial charge in [0, 0.05) is 30.6 Å². The van der Waals surface area contributed by atoms with E-state index >= 15 is 0 Å². The van der Waals surface area contributed by atoms with E-state index in [4.69, 9.17) is 0 Å². The van der Waals surface area contributed by atoms with Crippen molar-refractivity contribution in [2.45, 2.75) is 44.5 Å². The number of hydrogen-bond donors (Lipinski definition) is 3. The maximum atomic E-state index is 12.6. The van der Waals surface area contributed by atoms with Crippen LogP contribution in [0.4, 0.5) is 24.9 Å². The van der Waals surface area contributed by atoms with Crippen LogP contribution in [0.15, 0.2) is 48.5 Å². The number of hydrogen-bond acceptors (Lipinski definition) is 6. The third-order valence-electron chi connectivity index (χ3n) is 6.16. The summed E-state index contributed by atoms with van der Waals surface area (Å²) in [7, 11) is 1.83. The third kappa shape index (κ3) is 6.74. The van der Waals surface area contributed by atoms with Crippen LogP contribution >= 0.6 is 0 Å².